The van der Waals surface area contributed by atoms with Crippen molar-refractivity contribution in [3.8, 4) is 23.3 Å². The number of ether oxygens (including phenoxy) is 4. The summed E-state index contributed by atoms with van der Waals surface area (Å²) in [6.07, 6.45) is 4.14. The summed E-state index contributed by atoms with van der Waals surface area (Å²) in [5, 5.41) is 3.66. The van der Waals surface area contributed by atoms with Gasteiger partial charge in [-0.3, -0.25) is 4.98 Å². The van der Waals surface area contributed by atoms with E-state index >= 15 is 0 Å². The summed E-state index contributed by atoms with van der Waals surface area (Å²) in [5.74, 6) is 4.78. The Labute approximate surface area is 186 Å². The number of fused-ring (bicyclic) bond motifs is 3. The van der Waals surface area contributed by atoms with Gasteiger partial charge < -0.3 is 24.3 Å². The monoisotopic (exact) mass is 434 g/mol. The summed E-state index contributed by atoms with van der Waals surface area (Å²) < 4.78 is 22.6. The lowest BCUT2D eigenvalue weighted by Gasteiger charge is -2.19. The predicted molar refractivity (Wildman–Crippen MR) is 117 cm³/mol. The van der Waals surface area contributed by atoms with Crippen molar-refractivity contribution in [2.75, 3.05) is 26.9 Å². The lowest BCUT2D eigenvalue weighted by molar-refractivity contribution is 0.164. The molecule has 6 rings (SSSR count). The van der Waals surface area contributed by atoms with E-state index in [1.165, 1.54) is 12.8 Å². The van der Waals surface area contributed by atoms with Crippen LogP contribution >= 0.6 is 0 Å². The maximum absolute atomic E-state index is 6.18. The van der Waals surface area contributed by atoms with Gasteiger partial charge in [-0.25, -0.2) is 9.97 Å². The highest BCUT2D eigenvalue weighted by atomic mass is 16.6. The molecule has 4 heterocycles. The van der Waals surface area contributed by atoms with Crippen LogP contribution in [-0.4, -0.2) is 47.9 Å². The summed E-state index contributed by atoms with van der Waals surface area (Å²) >= 11 is 0. The van der Waals surface area contributed by atoms with Crippen LogP contribution in [0.3, 0.4) is 0 Å². The number of hydrogen-bond donors (Lipinski definition) is 1. The van der Waals surface area contributed by atoms with E-state index in [9.17, 15) is 0 Å². The molecule has 1 N–H and O–H groups in total. The van der Waals surface area contributed by atoms with Crippen molar-refractivity contribution in [3.05, 3.63) is 42.2 Å². The van der Waals surface area contributed by atoms with Gasteiger partial charge in [0.1, 0.15) is 24.5 Å². The van der Waals surface area contributed by atoms with Gasteiger partial charge in [-0.05, 0) is 48.8 Å². The molecule has 0 spiro atoms. The molecule has 0 amide bonds. The van der Waals surface area contributed by atoms with E-state index in [0.29, 0.717) is 36.9 Å². The summed E-state index contributed by atoms with van der Waals surface area (Å²) in [6, 6.07) is 10.1. The largest absolute Gasteiger partial charge is 0.491 e. The number of rotatable bonds is 7. The molecule has 4 atom stereocenters. The Balaban J connectivity index is 1.01. The van der Waals surface area contributed by atoms with Gasteiger partial charge in [0.25, 0.3) is 5.88 Å². The van der Waals surface area contributed by atoms with Crippen LogP contribution in [0.25, 0.3) is 11.0 Å². The van der Waals surface area contributed by atoms with E-state index in [1.54, 1.807) is 13.3 Å². The van der Waals surface area contributed by atoms with Crippen LogP contribution in [0.15, 0.2) is 36.5 Å². The Morgan fingerprint density at radius 3 is 2.78 bits per heavy atom. The molecule has 2 fully saturated rings. The third-order valence-corrected chi connectivity index (χ3v) is 6.82. The van der Waals surface area contributed by atoms with Gasteiger partial charge in [0.15, 0.2) is 5.75 Å². The number of methoxy groups -OCH3 is 1. The molecule has 0 saturated heterocycles. The zero-order chi connectivity index (χ0) is 21.5. The van der Waals surface area contributed by atoms with Gasteiger partial charge in [-0.1, -0.05) is 0 Å². The first-order valence-electron chi connectivity index (χ1n) is 11.2. The highest BCUT2D eigenvalue weighted by molar-refractivity contribution is 5.81. The van der Waals surface area contributed by atoms with E-state index in [0.717, 1.165) is 53.2 Å². The van der Waals surface area contributed by atoms with Gasteiger partial charge in [0.2, 0.25) is 5.88 Å². The number of pyridine rings is 3. The summed E-state index contributed by atoms with van der Waals surface area (Å²) in [7, 11) is 1.62. The molecule has 2 aliphatic carbocycles. The number of nitrogens with one attached hydrogen (secondary N) is 1. The molecule has 1 aliphatic heterocycles. The molecule has 0 bridgehead atoms. The summed E-state index contributed by atoms with van der Waals surface area (Å²) in [4.78, 5) is 13.5. The predicted octanol–water partition coefficient (Wildman–Crippen LogP) is 3.00. The topological polar surface area (TPSA) is 87.6 Å². The average Bonchev–Trinajstić information content (AvgIpc) is 3.29. The minimum atomic E-state index is 0.531. The van der Waals surface area contributed by atoms with Crippen molar-refractivity contribution in [1.29, 1.82) is 0 Å². The number of hydrogen-bond acceptors (Lipinski definition) is 8. The molecule has 8 nitrogen and oxygen atoms in total. The Kier molecular flexibility index (Phi) is 4.94. The SMILES string of the molecule is COc1ccc2nccc(OCC3[C@H]4CC(NCc5ccc6c(n5)OCCO6)C[C@@H]34)c2n1. The zero-order valence-corrected chi connectivity index (χ0v) is 18.0. The lowest BCUT2D eigenvalue weighted by Crippen LogP contribution is -2.29. The second-order valence-corrected chi connectivity index (χ2v) is 8.69. The molecule has 3 aromatic rings. The maximum Gasteiger partial charge on any atom is 0.257 e. The first-order valence-corrected chi connectivity index (χ1v) is 11.2. The fraction of sp³-hybridized carbons (Fsp3) is 0.458. The van der Waals surface area contributed by atoms with Crippen molar-refractivity contribution >= 4 is 11.0 Å². The Hall–Kier alpha value is -3.13. The molecule has 3 aliphatic rings. The van der Waals surface area contributed by atoms with Crippen molar-refractivity contribution in [1.82, 2.24) is 20.3 Å². The molecule has 166 valence electrons. The van der Waals surface area contributed by atoms with Crippen molar-refractivity contribution in [2.45, 2.75) is 25.4 Å². The molecule has 32 heavy (non-hydrogen) atoms. The number of aromatic nitrogens is 3. The second kappa shape index (κ2) is 8.09. The Bertz CT molecular complexity index is 1130. The maximum atomic E-state index is 6.18. The van der Waals surface area contributed by atoms with Crippen LogP contribution in [0.2, 0.25) is 0 Å². The molecule has 3 aromatic heterocycles. The molecule has 0 radical (unpaired) electrons. The summed E-state index contributed by atoms with van der Waals surface area (Å²) in [6.45, 7) is 2.62. The van der Waals surface area contributed by atoms with E-state index in [1.807, 2.05) is 30.3 Å². The van der Waals surface area contributed by atoms with E-state index in [4.69, 9.17) is 18.9 Å². The van der Waals surface area contributed by atoms with E-state index < -0.39 is 0 Å². The molecular weight excluding hydrogens is 408 g/mol. The minimum Gasteiger partial charge on any atom is -0.491 e. The molecule has 2 saturated carbocycles. The highest BCUT2D eigenvalue weighted by Crippen LogP contribution is 2.57. The second-order valence-electron chi connectivity index (χ2n) is 8.69. The Morgan fingerprint density at radius 1 is 1.03 bits per heavy atom. The van der Waals surface area contributed by atoms with Crippen LogP contribution in [-0.2, 0) is 6.54 Å². The normalized spacial score (nSPS) is 25.4. The first-order chi connectivity index (χ1) is 15.8. The minimum absolute atomic E-state index is 0.531. The lowest BCUT2D eigenvalue weighted by atomic mass is 10.1. The molecule has 0 aromatic carbocycles. The van der Waals surface area contributed by atoms with Crippen LogP contribution in [0.1, 0.15) is 18.5 Å². The summed E-state index contributed by atoms with van der Waals surface area (Å²) in [5.41, 5.74) is 2.56. The average molecular weight is 434 g/mol. The first kappa shape index (κ1) is 19.5. The third-order valence-electron chi connectivity index (χ3n) is 6.82. The van der Waals surface area contributed by atoms with Crippen molar-refractivity contribution < 1.29 is 18.9 Å². The molecule has 2 unspecified atom stereocenters. The fourth-order valence-corrected chi connectivity index (χ4v) is 5.11. The fourth-order valence-electron chi connectivity index (χ4n) is 5.11. The van der Waals surface area contributed by atoms with Gasteiger partial charge in [0.05, 0.1) is 24.9 Å². The molecular formula is C24H26N4O4. The van der Waals surface area contributed by atoms with Crippen molar-refractivity contribution in [3.63, 3.8) is 0 Å². The van der Waals surface area contributed by atoms with E-state index in [2.05, 4.69) is 20.3 Å². The molecule has 8 heteroatoms. The van der Waals surface area contributed by atoms with Crippen LogP contribution in [0.5, 0.6) is 23.3 Å². The quantitative estimate of drug-likeness (QED) is 0.607. The van der Waals surface area contributed by atoms with E-state index in [-0.39, 0.29) is 0 Å². The standard InChI is InChI=1S/C24H26N4O4/c1-29-22-5-3-19-23(28-22)20(6-7-25-19)32-13-18-16-10-15(11-17(16)18)26-12-14-2-4-21-24(27-14)31-9-8-30-21/h2-7,15-18,26H,8-13H2,1H3/t15?,16-,17+,18?. The van der Waals surface area contributed by atoms with Crippen LogP contribution in [0.4, 0.5) is 0 Å². The van der Waals surface area contributed by atoms with Gasteiger partial charge in [0, 0.05) is 30.9 Å². The van der Waals surface area contributed by atoms with Gasteiger partial charge in [-0.2, -0.15) is 0 Å². The highest BCUT2D eigenvalue weighted by Gasteiger charge is 2.56. The van der Waals surface area contributed by atoms with Gasteiger partial charge in [-0.15, -0.1) is 0 Å². The van der Waals surface area contributed by atoms with Crippen LogP contribution in [0, 0.1) is 17.8 Å². The van der Waals surface area contributed by atoms with Crippen LogP contribution < -0.4 is 24.3 Å². The number of nitrogens with zero attached hydrogens (tertiary/aromatic N) is 3. The zero-order valence-electron chi connectivity index (χ0n) is 18.0. The smallest absolute Gasteiger partial charge is 0.257 e. The van der Waals surface area contributed by atoms with Gasteiger partial charge >= 0.3 is 0 Å². The van der Waals surface area contributed by atoms with Crippen molar-refractivity contribution in [2.24, 2.45) is 17.8 Å². The third kappa shape index (κ3) is 3.68. The Morgan fingerprint density at radius 2 is 1.91 bits per heavy atom.